The standard InChI is InChI=1S/C12H17NO3S/c1-9-3-4-10(16-2)11(7-9)17(14,15)12(8-13)5-6-12/h3-4,7H,5-6,8,13H2,1-2H3. The summed E-state index contributed by atoms with van der Waals surface area (Å²) < 4.78 is 29.4. The van der Waals surface area contributed by atoms with Crippen molar-refractivity contribution in [2.45, 2.75) is 29.4 Å². The summed E-state index contributed by atoms with van der Waals surface area (Å²) in [6.45, 7) is 2.03. The lowest BCUT2D eigenvalue weighted by Crippen LogP contribution is -2.32. The quantitative estimate of drug-likeness (QED) is 0.879. The lowest BCUT2D eigenvalue weighted by Gasteiger charge is -2.16. The SMILES string of the molecule is COc1ccc(C)cc1S(=O)(=O)C1(CN)CC1. The molecule has 0 spiro atoms. The van der Waals surface area contributed by atoms with E-state index in [1.54, 1.807) is 12.1 Å². The number of hydrogen-bond donors (Lipinski definition) is 1. The monoisotopic (exact) mass is 255 g/mol. The van der Waals surface area contributed by atoms with E-state index in [0.29, 0.717) is 18.6 Å². The minimum Gasteiger partial charge on any atom is -0.495 e. The first-order valence-corrected chi connectivity index (χ1v) is 7.04. The number of ether oxygens (including phenoxy) is 1. The molecule has 0 aliphatic heterocycles. The summed E-state index contributed by atoms with van der Waals surface area (Å²) in [6, 6.07) is 5.18. The molecule has 1 aromatic rings. The zero-order valence-corrected chi connectivity index (χ0v) is 10.9. The van der Waals surface area contributed by atoms with Crippen LogP contribution in [-0.2, 0) is 9.84 Å². The third-order valence-corrected chi connectivity index (χ3v) is 5.97. The highest BCUT2D eigenvalue weighted by Gasteiger charge is 2.54. The van der Waals surface area contributed by atoms with E-state index in [9.17, 15) is 8.42 Å². The van der Waals surface area contributed by atoms with Crippen LogP contribution in [0.15, 0.2) is 23.1 Å². The van der Waals surface area contributed by atoms with Gasteiger partial charge in [-0.25, -0.2) is 8.42 Å². The van der Waals surface area contributed by atoms with Crippen molar-refractivity contribution < 1.29 is 13.2 Å². The van der Waals surface area contributed by atoms with Crippen LogP contribution >= 0.6 is 0 Å². The summed E-state index contributed by atoms with van der Waals surface area (Å²) in [5.41, 5.74) is 6.50. The molecule has 1 aliphatic carbocycles. The zero-order valence-electron chi connectivity index (χ0n) is 10.1. The van der Waals surface area contributed by atoms with Crippen LogP contribution in [0, 0.1) is 6.92 Å². The Hall–Kier alpha value is -1.07. The normalized spacial score (nSPS) is 17.8. The maximum Gasteiger partial charge on any atom is 0.188 e. The summed E-state index contributed by atoms with van der Waals surface area (Å²) in [7, 11) is -1.91. The molecule has 4 nitrogen and oxygen atoms in total. The second kappa shape index (κ2) is 3.99. The molecule has 0 saturated heterocycles. The lowest BCUT2D eigenvalue weighted by molar-refractivity contribution is 0.402. The number of sulfone groups is 1. The van der Waals surface area contributed by atoms with Crippen LogP contribution in [0.3, 0.4) is 0 Å². The van der Waals surface area contributed by atoms with E-state index in [4.69, 9.17) is 10.5 Å². The van der Waals surface area contributed by atoms with Gasteiger partial charge >= 0.3 is 0 Å². The van der Waals surface area contributed by atoms with Gasteiger partial charge in [-0.05, 0) is 37.5 Å². The predicted molar refractivity (Wildman–Crippen MR) is 65.9 cm³/mol. The molecule has 2 rings (SSSR count). The molecule has 0 heterocycles. The maximum atomic E-state index is 12.5. The van der Waals surface area contributed by atoms with Crippen molar-refractivity contribution in [3.05, 3.63) is 23.8 Å². The van der Waals surface area contributed by atoms with Crippen molar-refractivity contribution >= 4 is 9.84 Å². The highest BCUT2D eigenvalue weighted by atomic mass is 32.2. The molecule has 0 bridgehead atoms. The minimum atomic E-state index is -3.39. The Bertz CT molecular complexity index is 533. The third kappa shape index (κ3) is 1.83. The first-order valence-electron chi connectivity index (χ1n) is 5.56. The van der Waals surface area contributed by atoms with Gasteiger partial charge in [0, 0.05) is 6.54 Å². The number of hydrogen-bond acceptors (Lipinski definition) is 4. The predicted octanol–water partition coefficient (Wildman–Crippen LogP) is 1.27. The molecule has 1 aliphatic rings. The summed E-state index contributed by atoms with van der Waals surface area (Å²) >= 11 is 0. The van der Waals surface area contributed by atoms with Gasteiger partial charge in [0.1, 0.15) is 10.6 Å². The molecule has 1 fully saturated rings. The van der Waals surface area contributed by atoms with Crippen LogP contribution in [-0.4, -0.2) is 26.8 Å². The largest absolute Gasteiger partial charge is 0.495 e. The van der Waals surface area contributed by atoms with E-state index in [0.717, 1.165) is 5.56 Å². The van der Waals surface area contributed by atoms with Gasteiger partial charge in [0.15, 0.2) is 9.84 Å². The second-order valence-electron chi connectivity index (χ2n) is 4.54. The van der Waals surface area contributed by atoms with Gasteiger partial charge < -0.3 is 10.5 Å². The van der Waals surface area contributed by atoms with Crippen LogP contribution in [0.1, 0.15) is 18.4 Å². The topological polar surface area (TPSA) is 69.4 Å². The van der Waals surface area contributed by atoms with Crippen LogP contribution in [0.4, 0.5) is 0 Å². The Morgan fingerprint density at radius 1 is 1.41 bits per heavy atom. The van der Waals surface area contributed by atoms with Gasteiger partial charge in [0.2, 0.25) is 0 Å². The molecule has 17 heavy (non-hydrogen) atoms. The van der Waals surface area contributed by atoms with Crippen molar-refractivity contribution in [2.75, 3.05) is 13.7 Å². The fourth-order valence-corrected chi connectivity index (χ4v) is 4.03. The molecular formula is C12H17NO3S. The Labute approximate surface area is 102 Å². The zero-order chi connectivity index (χ0) is 12.7. The van der Waals surface area contributed by atoms with Crippen LogP contribution in [0.25, 0.3) is 0 Å². The molecule has 94 valence electrons. The fourth-order valence-electron chi connectivity index (χ4n) is 1.95. The molecule has 1 aromatic carbocycles. The molecule has 1 saturated carbocycles. The van der Waals surface area contributed by atoms with E-state index in [1.165, 1.54) is 7.11 Å². The molecule has 2 N–H and O–H groups in total. The van der Waals surface area contributed by atoms with Crippen molar-refractivity contribution in [1.82, 2.24) is 0 Å². The molecule has 0 aromatic heterocycles. The van der Waals surface area contributed by atoms with Gasteiger partial charge in [-0.15, -0.1) is 0 Å². The van der Waals surface area contributed by atoms with E-state index >= 15 is 0 Å². The molecule has 0 radical (unpaired) electrons. The Balaban J connectivity index is 2.57. The van der Waals surface area contributed by atoms with Gasteiger partial charge in [-0.2, -0.15) is 0 Å². The van der Waals surface area contributed by atoms with E-state index in [2.05, 4.69) is 0 Å². The summed E-state index contributed by atoms with van der Waals surface area (Å²) in [4.78, 5) is 0.267. The van der Waals surface area contributed by atoms with Gasteiger partial charge in [-0.1, -0.05) is 6.07 Å². The summed E-state index contributed by atoms with van der Waals surface area (Å²) in [5.74, 6) is 0.398. The van der Waals surface area contributed by atoms with Crippen LogP contribution < -0.4 is 10.5 Å². The smallest absolute Gasteiger partial charge is 0.188 e. The summed E-state index contributed by atoms with van der Waals surface area (Å²) in [5, 5.41) is 0. The first-order chi connectivity index (χ1) is 7.97. The van der Waals surface area contributed by atoms with Crippen molar-refractivity contribution in [3.63, 3.8) is 0 Å². The van der Waals surface area contributed by atoms with E-state index in [-0.39, 0.29) is 11.4 Å². The molecule has 0 atom stereocenters. The third-order valence-electron chi connectivity index (χ3n) is 3.36. The molecular weight excluding hydrogens is 238 g/mol. The van der Waals surface area contributed by atoms with Crippen molar-refractivity contribution in [2.24, 2.45) is 5.73 Å². The highest BCUT2D eigenvalue weighted by molar-refractivity contribution is 7.93. The average molecular weight is 255 g/mol. The van der Waals surface area contributed by atoms with E-state index in [1.807, 2.05) is 13.0 Å². The molecule has 5 heteroatoms. The van der Waals surface area contributed by atoms with Gasteiger partial charge in [-0.3, -0.25) is 0 Å². The highest BCUT2D eigenvalue weighted by Crippen LogP contribution is 2.47. The fraction of sp³-hybridized carbons (Fsp3) is 0.500. The number of nitrogens with two attached hydrogens (primary N) is 1. The summed E-state index contributed by atoms with van der Waals surface area (Å²) in [6.07, 6.45) is 1.28. The first kappa shape index (κ1) is 12.4. The molecule has 0 unspecified atom stereocenters. The Morgan fingerprint density at radius 2 is 2.06 bits per heavy atom. The minimum absolute atomic E-state index is 0.173. The van der Waals surface area contributed by atoms with E-state index < -0.39 is 14.6 Å². The number of rotatable bonds is 4. The molecule has 0 amide bonds. The van der Waals surface area contributed by atoms with Crippen molar-refractivity contribution in [1.29, 1.82) is 0 Å². The number of methoxy groups -OCH3 is 1. The maximum absolute atomic E-state index is 12.5. The van der Waals surface area contributed by atoms with Gasteiger partial charge in [0.25, 0.3) is 0 Å². The second-order valence-corrected chi connectivity index (χ2v) is 6.86. The lowest BCUT2D eigenvalue weighted by atomic mass is 10.2. The number of benzene rings is 1. The Kier molecular flexibility index (Phi) is 2.91. The number of aryl methyl sites for hydroxylation is 1. The van der Waals surface area contributed by atoms with Gasteiger partial charge in [0.05, 0.1) is 11.9 Å². The van der Waals surface area contributed by atoms with Crippen molar-refractivity contribution in [3.8, 4) is 5.75 Å². The van der Waals surface area contributed by atoms with Crippen LogP contribution in [0.2, 0.25) is 0 Å². The van der Waals surface area contributed by atoms with Crippen LogP contribution in [0.5, 0.6) is 5.75 Å². The Morgan fingerprint density at radius 3 is 2.53 bits per heavy atom. The average Bonchev–Trinajstić information content (AvgIpc) is 3.10.